The summed E-state index contributed by atoms with van der Waals surface area (Å²) in [6.07, 6.45) is 1.14. The van der Waals surface area contributed by atoms with E-state index in [1.54, 1.807) is 14.1 Å². The molecule has 5 heteroatoms. The van der Waals surface area contributed by atoms with Crippen molar-refractivity contribution < 1.29 is 0 Å². The molecule has 0 fully saturated rings. The van der Waals surface area contributed by atoms with Gasteiger partial charge in [0.1, 0.15) is 6.34 Å². The SMILES string of the molecule is CNN(C=N)NC.Cl. The predicted molar refractivity (Wildman–Crippen MR) is 36.0 cm³/mol. The molecule has 0 spiro atoms. The first-order valence-corrected chi connectivity index (χ1v) is 1.99. The van der Waals surface area contributed by atoms with Crippen LogP contribution in [-0.2, 0) is 0 Å². The van der Waals surface area contributed by atoms with Gasteiger partial charge in [0.2, 0.25) is 0 Å². The van der Waals surface area contributed by atoms with Crippen LogP contribution in [0.5, 0.6) is 0 Å². The molecule has 0 bridgehead atoms. The van der Waals surface area contributed by atoms with E-state index in [0.717, 1.165) is 6.34 Å². The molecule has 0 aromatic heterocycles. The van der Waals surface area contributed by atoms with Crippen molar-refractivity contribution in [2.24, 2.45) is 0 Å². The maximum absolute atomic E-state index is 6.64. The molecule has 0 heterocycles. The molecule has 3 N–H and O–H groups in total. The van der Waals surface area contributed by atoms with Gasteiger partial charge < -0.3 is 0 Å². The topological polar surface area (TPSA) is 51.2 Å². The lowest BCUT2D eigenvalue weighted by Crippen LogP contribution is -2.42. The summed E-state index contributed by atoms with van der Waals surface area (Å²) >= 11 is 0. The van der Waals surface area contributed by atoms with Gasteiger partial charge >= 0.3 is 0 Å². The molecule has 50 valence electrons. The summed E-state index contributed by atoms with van der Waals surface area (Å²) in [7, 11) is 3.45. The predicted octanol–water partition coefficient (Wildman–Crippen LogP) is -0.414. The smallest absolute Gasteiger partial charge is 0.114 e. The second kappa shape index (κ2) is 6.68. The molecule has 0 aliphatic carbocycles. The van der Waals surface area contributed by atoms with Crippen molar-refractivity contribution in [3.8, 4) is 0 Å². The Kier molecular flexibility index (Phi) is 8.87. The van der Waals surface area contributed by atoms with E-state index in [2.05, 4.69) is 10.9 Å². The third-order valence-electron chi connectivity index (χ3n) is 0.611. The molecular weight excluding hydrogens is 128 g/mol. The number of hydrogen-bond acceptors (Lipinski definition) is 3. The van der Waals surface area contributed by atoms with Crippen LogP contribution in [0.2, 0.25) is 0 Å². The highest BCUT2D eigenvalue weighted by Crippen LogP contribution is 1.55. The quantitative estimate of drug-likeness (QED) is 0.282. The van der Waals surface area contributed by atoms with Gasteiger partial charge in [0.05, 0.1) is 0 Å². The molecule has 0 rings (SSSR count). The minimum atomic E-state index is 0. The average Bonchev–Trinajstić information content (AvgIpc) is 1.72. The Balaban J connectivity index is 0. The number of rotatable bonds is 3. The van der Waals surface area contributed by atoms with Crippen molar-refractivity contribution in [2.75, 3.05) is 14.1 Å². The number of nitrogens with zero attached hydrogens (tertiary/aromatic N) is 1. The van der Waals surface area contributed by atoms with Crippen molar-refractivity contribution in [3.63, 3.8) is 0 Å². The lowest BCUT2D eigenvalue weighted by atomic mass is 11.2. The van der Waals surface area contributed by atoms with E-state index in [0.29, 0.717) is 0 Å². The van der Waals surface area contributed by atoms with Crippen molar-refractivity contribution in [2.45, 2.75) is 0 Å². The van der Waals surface area contributed by atoms with Gasteiger partial charge in [0.25, 0.3) is 0 Å². The Morgan fingerprint density at radius 3 is 1.75 bits per heavy atom. The zero-order valence-corrected chi connectivity index (χ0v) is 5.75. The van der Waals surface area contributed by atoms with Crippen LogP contribution >= 0.6 is 12.4 Å². The third-order valence-corrected chi connectivity index (χ3v) is 0.611. The Bertz CT molecular complexity index is 53.2. The molecular formula is C3H11ClN4. The lowest BCUT2D eigenvalue weighted by Gasteiger charge is -2.13. The first-order valence-electron chi connectivity index (χ1n) is 1.99. The maximum atomic E-state index is 6.64. The summed E-state index contributed by atoms with van der Waals surface area (Å²) in [6, 6.07) is 0. The molecule has 0 aliphatic heterocycles. The summed E-state index contributed by atoms with van der Waals surface area (Å²) < 4.78 is 0. The number of nitrogens with one attached hydrogen (secondary N) is 3. The average molecular weight is 139 g/mol. The fourth-order valence-corrected chi connectivity index (χ4v) is 0.241. The molecule has 0 aliphatic rings. The van der Waals surface area contributed by atoms with Crippen molar-refractivity contribution in [3.05, 3.63) is 0 Å². The van der Waals surface area contributed by atoms with Crippen LogP contribution in [0.3, 0.4) is 0 Å². The van der Waals surface area contributed by atoms with E-state index in [1.807, 2.05) is 0 Å². The highest BCUT2D eigenvalue weighted by atomic mass is 35.5. The van der Waals surface area contributed by atoms with Crippen molar-refractivity contribution in [1.82, 2.24) is 16.0 Å². The summed E-state index contributed by atoms with van der Waals surface area (Å²) in [5.41, 5.74) is 5.36. The van der Waals surface area contributed by atoms with E-state index in [9.17, 15) is 0 Å². The van der Waals surface area contributed by atoms with Gasteiger partial charge in [-0.05, 0) is 0 Å². The monoisotopic (exact) mass is 138 g/mol. The summed E-state index contributed by atoms with van der Waals surface area (Å²) in [5, 5.41) is 8.05. The lowest BCUT2D eigenvalue weighted by molar-refractivity contribution is 0.275. The van der Waals surface area contributed by atoms with Crippen LogP contribution in [0.1, 0.15) is 0 Å². The second-order valence-corrected chi connectivity index (χ2v) is 0.946. The first-order chi connectivity index (χ1) is 3.35. The van der Waals surface area contributed by atoms with Crippen LogP contribution in [0.25, 0.3) is 0 Å². The van der Waals surface area contributed by atoms with E-state index < -0.39 is 0 Å². The molecule has 8 heavy (non-hydrogen) atoms. The molecule has 0 aromatic rings. The Hall–Kier alpha value is -0.320. The fraction of sp³-hybridized carbons (Fsp3) is 0.667. The number of hydrogen-bond donors (Lipinski definition) is 3. The van der Waals surface area contributed by atoms with E-state index in [4.69, 9.17) is 5.41 Å². The Morgan fingerprint density at radius 1 is 1.38 bits per heavy atom. The minimum Gasteiger partial charge on any atom is -0.289 e. The summed E-state index contributed by atoms with van der Waals surface area (Å²) in [4.78, 5) is 0. The molecule has 4 nitrogen and oxygen atoms in total. The largest absolute Gasteiger partial charge is 0.289 e. The van der Waals surface area contributed by atoms with Crippen molar-refractivity contribution >= 4 is 18.7 Å². The van der Waals surface area contributed by atoms with Gasteiger partial charge in [0.15, 0.2) is 0 Å². The van der Waals surface area contributed by atoms with Gasteiger partial charge in [-0.2, -0.15) is 0 Å². The highest BCUT2D eigenvalue weighted by molar-refractivity contribution is 5.85. The molecule has 0 saturated carbocycles. The van der Waals surface area contributed by atoms with Gasteiger partial charge in [-0.3, -0.25) is 5.41 Å². The first kappa shape index (κ1) is 10.6. The molecule has 0 atom stereocenters. The fourth-order valence-electron chi connectivity index (χ4n) is 0.241. The van der Waals surface area contributed by atoms with E-state index in [1.165, 1.54) is 5.12 Å². The van der Waals surface area contributed by atoms with Gasteiger partial charge in [0, 0.05) is 14.1 Å². The second-order valence-electron chi connectivity index (χ2n) is 0.946. The zero-order valence-electron chi connectivity index (χ0n) is 4.93. The molecule has 0 unspecified atom stereocenters. The van der Waals surface area contributed by atoms with Gasteiger partial charge in [-0.25, -0.2) is 16.0 Å². The standard InChI is InChI=1S/C3H10N4.ClH/c1-5-7(3-4)6-2;/h3-6H,1-2H3;1H. The maximum Gasteiger partial charge on any atom is 0.114 e. The number of halogens is 1. The third kappa shape index (κ3) is 3.86. The molecule has 0 saturated heterocycles. The molecule has 0 aromatic carbocycles. The van der Waals surface area contributed by atoms with Crippen LogP contribution in [0, 0.1) is 5.41 Å². The van der Waals surface area contributed by atoms with Crippen LogP contribution in [-0.4, -0.2) is 25.6 Å². The summed E-state index contributed by atoms with van der Waals surface area (Å²) in [6.45, 7) is 0. The van der Waals surface area contributed by atoms with Crippen LogP contribution < -0.4 is 10.9 Å². The molecule has 0 radical (unpaired) electrons. The van der Waals surface area contributed by atoms with Crippen molar-refractivity contribution in [1.29, 1.82) is 5.41 Å². The number of hydrazine groups is 2. The summed E-state index contributed by atoms with van der Waals surface area (Å²) in [5.74, 6) is 0. The molecule has 0 amide bonds. The minimum absolute atomic E-state index is 0. The van der Waals surface area contributed by atoms with Gasteiger partial charge in [-0.15, -0.1) is 12.4 Å². The zero-order chi connectivity index (χ0) is 5.70. The van der Waals surface area contributed by atoms with E-state index >= 15 is 0 Å². The van der Waals surface area contributed by atoms with E-state index in [-0.39, 0.29) is 12.4 Å². The van der Waals surface area contributed by atoms with Gasteiger partial charge in [-0.1, -0.05) is 0 Å². The Morgan fingerprint density at radius 2 is 1.75 bits per heavy atom. The Labute approximate surface area is 55.1 Å². The normalized spacial score (nSPS) is 7.25. The highest BCUT2D eigenvalue weighted by Gasteiger charge is 1.81. The van der Waals surface area contributed by atoms with Crippen LogP contribution in [0.15, 0.2) is 0 Å². The van der Waals surface area contributed by atoms with Crippen LogP contribution in [0.4, 0.5) is 0 Å².